The molecule has 96 valence electrons. The van der Waals surface area contributed by atoms with Crippen molar-refractivity contribution >= 4 is 5.91 Å². The minimum atomic E-state index is -0.513. The average molecular weight is 251 g/mol. The van der Waals surface area contributed by atoms with E-state index in [0.717, 1.165) is 6.07 Å². The molecule has 0 heterocycles. The number of ether oxygens (including phenoxy) is 1. The number of hydrogen-bond acceptors (Lipinski definition) is 3. The molecule has 0 atom stereocenters. The maximum absolute atomic E-state index is 13.1. The molecule has 2 N–H and O–H groups in total. The zero-order valence-electron chi connectivity index (χ0n) is 10.00. The van der Waals surface area contributed by atoms with Crippen LogP contribution in [0.5, 0.6) is 0 Å². The molecule has 0 aliphatic heterocycles. The monoisotopic (exact) mass is 251 g/mol. The van der Waals surface area contributed by atoms with Gasteiger partial charge >= 0.3 is 0 Å². The Balaban J connectivity index is 2.90. The summed E-state index contributed by atoms with van der Waals surface area (Å²) in [6.45, 7) is 0.388. The molecule has 1 aromatic carbocycles. The predicted molar refractivity (Wildman–Crippen MR) is 64.6 cm³/mol. The van der Waals surface area contributed by atoms with Gasteiger partial charge in [-0.05, 0) is 18.2 Å². The maximum Gasteiger partial charge on any atom is 0.252 e. The van der Waals surface area contributed by atoms with Crippen LogP contribution in [0.3, 0.4) is 0 Å². The van der Waals surface area contributed by atoms with E-state index < -0.39 is 11.7 Å². The fourth-order valence-corrected chi connectivity index (χ4v) is 1.31. The van der Waals surface area contributed by atoms with E-state index in [-0.39, 0.29) is 12.2 Å². The van der Waals surface area contributed by atoms with E-state index in [9.17, 15) is 9.18 Å². The topological polar surface area (TPSA) is 58.6 Å². The Morgan fingerprint density at radius 3 is 3.00 bits per heavy atom. The molecule has 0 aliphatic rings. The van der Waals surface area contributed by atoms with Gasteiger partial charge in [-0.3, -0.25) is 4.79 Å². The molecule has 4 nitrogen and oxygen atoms in total. The molecule has 1 rings (SSSR count). The van der Waals surface area contributed by atoms with Gasteiger partial charge in [0.25, 0.3) is 5.91 Å². The van der Waals surface area contributed by atoms with E-state index in [0.29, 0.717) is 18.7 Å². The van der Waals surface area contributed by atoms with E-state index in [2.05, 4.69) is 17.2 Å². The van der Waals surface area contributed by atoms with Crippen LogP contribution >= 0.6 is 0 Å². The molecule has 0 bridgehead atoms. The quantitative estimate of drug-likeness (QED) is 0.607. The van der Waals surface area contributed by atoms with Crippen LogP contribution in [0.4, 0.5) is 4.39 Å². The lowest BCUT2D eigenvalue weighted by Gasteiger charge is -2.06. The first kappa shape index (κ1) is 14.2. The molecule has 0 radical (unpaired) electrons. The second-order valence-electron chi connectivity index (χ2n) is 3.40. The van der Waals surface area contributed by atoms with Crippen molar-refractivity contribution in [3.63, 3.8) is 0 Å². The first-order valence-electron chi connectivity index (χ1n) is 5.35. The molecule has 18 heavy (non-hydrogen) atoms. The van der Waals surface area contributed by atoms with Crippen molar-refractivity contribution in [2.45, 2.75) is 0 Å². The molecule has 5 heteroatoms. The fraction of sp³-hybridized carbons (Fsp3) is 0.308. The van der Waals surface area contributed by atoms with Crippen molar-refractivity contribution in [3.8, 4) is 11.8 Å². The van der Waals surface area contributed by atoms with E-state index in [1.807, 2.05) is 0 Å². The zero-order chi connectivity index (χ0) is 13.4. The van der Waals surface area contributed by atoms with Gasteiger partial charge in [0.2, 0.25) is 0 Å². The van der Waals surface area contributed by atoms with Gasteiger partial charge < -0.3 is 15.2 Å². The minimum absolute atomic E-state index is 0.145. The Labute approximate surface area is 105 Å². The molecule has 0 aromatic heterocycles. The third kappa shape index (κ3) is 4.17. The van der Waals surface area contributed by atoms with Crippen molar-refractivity contribution in [3.05, 3.63) is 35.1 Å². The number of aliphatic hydroxyl groups excluding tert-OH is 1. The Hall–Kier alpha value is -1.90. The second kappa shape index (κ2) is 7.43. The van der Waals surface area contributed by atoms with Crippen LogP contribution in [-0.2, 0) is 4.74 Å². The van der Waals surface area contributed by atoms with Crippen molar-refractivity contribution in [1.29, 1.82) is 0 Å². The predicted octanol–water partition coefficient (Wildman–Crippen LogP) is 0.546. The summed E-state index contributed by atoms with van der Waals surface area (Å²) in [6, 6.07) is 3.74. The summed E-state index contributed by atoms with van der Waals surface area (Å²) < 4.78 is 17.9. The average Bonchev–Trinajstić information content (AvgIpc) is 2.37. The molecule has 1 aromatic rings. The van der Waals surface area contributed by atoms with Crippen molar-refractivity contribution in [2.75, 3.05) is 26.9 Å². The summed E-state index contributed by atoms with van der Waals surface area (Å²) in [5.74, 6) is 4.09. The van der Waals surface area contributed by atoms with Gasteiger partial charge in [0, 0.05) is 19.2 Å². The molecule has 0 aliphatic carbocycles. The van der Waals surface area contributed by atoms with E-state index in [1.54, 1.807) is 0 Å². The zero-order valence-corrected chi connectivity index (χ0v) is 10.00. The molecule has 1 amide bonds. The summed E-state index contributed by atoms with van der Waals surface area (Å²) >= 11 is 0. The highest BCUT2D eigenvalue weighted by Crippen LogP contribution is 2.10. The van der Waals surface area contributed by atoms with Crippen molar-refractivity contribution in [2.24, 2.45) is 0 Å². The van der Waals surface area contributed by atoms with Gasteiger partial charge in [0.1, 0.15) is 12.4 Å². The number of benzene rings is 1. The molecular weight excluding hydrogens is 237 g/mol. The summed E-state index contributed by atoms with van der Waals surface area (Å²) in [4.78, 5) is 11.8. The number of methoxy groups -OCH3 is 1. The number of carbonyl (C=O) groups is 1. The lowest BCUT2D eigenvalue weighted by Crippen LogP contribution is -2.27. The summed E-state index contributed by atoms with van der Waals surface area (Å²) in [6.07, 6.45) is 0. The van der Waals surface area contributed by atoms with Gasteiger partial charge in [0.15, 0.2) is 0 Å². The highest BCUT2D eigenvalue weighted by atomic mass is 19.1. The van der Waals surface area contributed by atoms with Crippen LogP contribution in [-0.4, -0.2) is 37.9 Å². The molecular formula is C13H14FNO3. The number of carbonyl (C=O) groups excluding carboxylic acids is 1. The Kier molecular flexibility index (Phi) is 5.85. The standard InChI is InChI=1S/C13H14FNO3/c1-18-8-6-15-13(17)12-9-11(14)5-4-10(12)3-2-7-16/h4-5,9,16H,6-8H2,1H3,(H,15,17). The Morgan fingerprint density at radius 1 is 1.56 bits per heavy atom. The van der Waals surface area contributed by atoms with Gasteiger partial charge in [-0.2, -0.15) is 0 Å². The van der Waals surface area contributed by atoms with Crippen LogP contribution in [0.15, 0.2) is 18.2 Å². The van der Waals surface area contributed by atoms with Crippen LogP contribution in [0.1, 0.15) is 15.9 Å². The summed E-state index contributed by atoms with van der Waals surface area (Å²) in [5, 5.41) is 11.2. The van der Waals surface area contributed by atoms with Crippen LogP contribution < -0.4 is 5.32 Å². The maximum atomic E-state index is 13.1. The van der Waals surface area contributed by atoms with E-state index in [4.69, 9.17) is 9.84 Å². The minimum Gasteiger partial charge on any atom is -0.384 e. The molecule has 0 unspecified atom stereocenters. The van der Waals surface area contributed by atoms with Gasteiger partial charge in [-0.1, -0.05) is 11.8 Å². The highest BCUT2D eigenvalue weighted by molar-refractivity contribution is 5.96. The normalized spacial score (nSPS) is 9.50. The van der Waals surface area contributed by atoms with Gasteiger partial charge in [0.05, 0.1) is 12.2 Å². The lowest BCUT2D eigenvalue weighted by molar-refractivity contribution is 0.0936. The molecule has 0 fully saturated rings. The summed E-state index contributed by atoms with van der Waals surface area (Å²) in [7, 11) is 1.52. The number of nitrogens with one attached hydrogen (secondary N) is 1. The highest BCUT2D eigenvalue weighted by Gasteiger charge is 2.10. The molecule has 0 saturated heterocycles. The van der Waals surface area contributed by atoms with Crippen molar-refractivity contribution in [1.82, 2.24) is 5.32 Å². The number of halogens is 1. The van der Waals surface area contributed by atoms with Gasteiger partial charge in [-0.15, -0.1) is 0 Å². The van der Waals surface area contributed by atoms with E-state index in [1.165, 1.54) is 19.2 Å². The first-order chi connectivity index (χ1) is 8.69. The number of amides is 1. The second-order valence-corrected chi connectivity index (χ2v) is 3.40. The fourth-order valence-electron chi connectivity index (χ4n) is 1.31. The number of rotatable bonds is 4. The molecule has 0 spiro atoms. The SMILES string of the molecule is COCCNC(=O)c1cc(F)ccc1C#CCO. The number of hydrogen-bond donors (Lipinski definition) is 2. The van der Waals surface area contributed by atoms with Gasteiger partial charge in [-0.25, -0.2) is 4.39 Å². The van der Waals surface area contributed by atoms with Crippen LogP contribution in [0.25, 0.3) is 0 Å². The van der Waals surface area contributed by atoms with Crippen molar-refractivity contribution < 1.29 is 19.0 Å². The van der Waals surface area contributed by atoms with Crippen LogP contribution in [0.2, 0.25) is 0 Å². The Morgan fingerprint density at radius 2 is 2.33 bits per heavy atom. The van der Waals surface area contributed by atoms with Crippen LogP contribution in [0, 0.1) is 17.7 Å². The number of aliphatic hydroxyl groups is 1. The van der Waals surface area contributed by atoms with E-state index >= 15 is 0 Å². The smallest absolute Gasteiger partial charge is 0.252 e. The summed E-state index contributed by atoms with van der Waals surface area (Å²) in [5.41, 5.74) is 0.521. The Bertz CT molecular complexity index is 477. The largest absolute Gasteiger partial charge is 0.384 e. The molecule has 0 saturated carbocycles. The lowest BCUT2D eigenvalue weighted by atomic mass is 10.1. The third-order valence-electron chi connectivity index (χ3n) is 2.12. The third-order valence-corrected chi connectivity index (χ3v) is 2.12. The first-order valence-corrected chi connectivity index (χ1v) is 5.35.